The monoisotopic (exact) mass is 296 g/mol. The molecule has 2 aliphatic rings. The maximum absolute atomic E-state index is 12.3. The highest BCUT2D eigenvalue weighted by molar-refractivity contribution is 5.89. The van der Waals surface area contributed by atoms with Crippen LogP contribution in [0.2, 0.25) is 0 Å². The first-order valence-electron chi connectivity index (χ1n) is 8.05. The van der Waals surface area contributed by atoms with Gasteiger partial charge >= 0.3 is 6.03 Å². The van der Waals surface area contributed by atoms with Gasteiger partial charge in [0.05, 0.1) is 12.3 Å². The van der Waals surface area contributed by atoms with Gasteiger partial charge < -0.3 is 15.1 Å². The van der Waals surface area contributed by atoms with Crippen LogP contribution in [0, 0.1) is 0 Å². The number of rotatable bonds is 2. The summed E-state index contributed by atoms with van der Waals surface area (Å²) >= 11 is 0. The van der Waals surface area contributed by atoms with Crippen molar-refractivity contribution < 1.29 is 9.21 Å². The van der Waals surface area contributed by atoms with Gasteiger partial charge in [-0.1, -0.05) is 6.07 Å². The van der Waals surface area contributed by atoms with Gasteiger partial charge in [-0.15, -0.1) is 0 Å². The van der Waals surface area contributed by atoms with Gasteiger partial charge in [-0.05, 0) is 61.4 Å². The topological polar surface area (TPSA) is 54.3 Å². The maximum atomic E-state index is 12.3. The van der Waals surface area contributed by atoms with Crippen LogP contribution in [0.25, 0.3) is 0 Å². The number of benzene rings is 1. The molecular formula is C18H20N2O2. The van der Waals surface area contributed by atoms with Crippen LogP contribution in [0.15, 0.2) is 34.9 Å². The number of anilines is 1. The first-order valence-corrected chi connectivity index (χ1v) is 8.05. The molecule has 0 bridgehead atoms. The Morgan fingerprint density at radius 1 is 1.09 bits per heavy atom. The molecule has 0 fully saturated rings. The SMILES string of the molecule is O=C(Nc1ccc2c(c1)CCC2)NC1CCCc2occc21. The van der Waals surface area contributed by atoms with Gasteiger partial charge in [-0.2, -0.15) is 0 Å². The summed E-state index contributed by atoms with van der Waals surface area (Å²) in [6, 6.07) is 8.11. The van der Waals surface area contributed by atoms with Crippen LogP contribution < -0.4 is 10.6 Å². The molecule has 114 valence electrons. The molecule has 2 aromatic rings. The summed E-state index contributed by atoms with van der Waals surface area (Å²) in [5.74, 6) is 1.01. The molecule has 22 heavy (non-hydrogen) atoms. The van der Waals surface area contributed by atoms with Crippen LogP contribution in [0.3, 0.4) is 0 Å². The molecule has 4 rings (SSSR count). The number of amides is 2. The van der Waals surface area contributed by atoms with Gasteiger partial charge in [0.25, 0.3) is 0 Å². The number of carbonyl (C=O) groups is 1. The quantitative estimate of drug-likeness (QED) is 0.881. The van der Waals surface area contributed by atoms with E-state index in [9.17, 15) is 4.79 Å². The van der Waals surface area contributed by atoms with E-state index in [4.69, 9.17) is 4.42 Å². The number of hydrogen-bond donors (Lipinski definition) is 2. The van der Waals surface area contributed by atoms with Crippen molar-refractivity contribution in [2.75, 3.05) is 5.32 Å². The van der Waals surface area contributed by atoms with E-state index in [-0.39, 0.29) is 12.1 Å². The third-order valence-corrected chi connectivity index (χ3v) is 4.71. The molecule has 0 aliphatic heterocycles. The second kappa shape index (κ2) is 5.52. The highest BCUT2D eigenvalue weighted by Crippen LogP contribution is 2.30. The van der Waals surface area contributed by atoms with Crippen molar-refractivity contribution in [3.05, 3.63) is 53.0 Å². The van der Waals surface area contributed by atoms with E-state index in [0.29, 0.717) is 0 Å². The third-order valence-electron chi connectivity index (χ3n) is 4.71. The lowest BCUT2D eigenvalue weighted by Crippen LogP contribution is -2.34. The fraction of sp³-hybridized carbons (Fsp3) is 0.389. The smallest absolute Gasteiger partial charge is 0.319 e. The van der Waals surface area contributed by atoms with Gasteiger partial charge in [-0.25, -0.2) is 4.79 Å². The standard InChI is InChI=1S/C18H20N2O2/c21-18(19-14-8-7-12-3-1-4-13(12)11-14)20-16-5-2-6-17-15(16)9-10-22-17/h7-11,16H,1-6H2,(H2,19,20,21). The van der Waals surface area contributed by atoms with Crippen LogP contribution in [-0.4, -0.2) is 6.03 Å². The Hall–Kier alpha value is -2.23. The molecule has 2 N–H and O–H groups in total. The number of furan rings is 1. The van der Waals surface area contributed by atoms with Crippen LogP contribution in [0.1, 0.15) is 47.8 Å². The number of urea groups is 1. The maximum Gasteiger partial charge on any atom is 0.319 e. The number of aryl methyl sites for hydroxylation is 3. The van der Waals surface area contributed by atoms with Gasteiger partial charge in [0, 0.05) is 17.7 Å². The summed E-state index contributed by atoms with van der Waals surface area (Å²) in [5, 5.41) is 6.03. The van der Waals surface area contributed by atoms with E-state index in [0.717, 1.165) is 49.1 Å². The third kappa shape index (κ3) is 2.49. The normalized spacial score (nSPS) is 19.4. The minimum absolute atomic E-state index is 0.0527. The van der Waals surface area contributed by atoms with Crippen LogP contribution >= 0.6 is 0 Å². The second-order valence-electron chi connectivity index (χ2n) is 6.18. The molecule has 1 heterocycles. The lowest BCUT2D eigenvalue weighted by Gasteiger charge is -2.23. The molecule has 1 atom stereocenters. The molecule has 2 aliphatic carbocycles. The first-order chi connectivity index (χ1) is 10.8. The van der Waals surface area contributed by atoms with Crippen LogP contribution in [-0.2, 0) is 19.3 Å². The molecule has 2 amide bonds. The Morgan fingerprint density at radius 2 is 2.00 bits per heavy atom. The van der Waals surface area contributed by atoms with Crippen LogP contribution in [0.5, 0.6) is 0 Å². The van der Waals surface area contributed by atoms with Gasteiger partial charge in [0.2, 0.25) is 0 Å². The molecular weight excluding hydrogens is 276 g/mol. The van der Waals surface area contributed by atoms with E-state index in [1.807, 2.05) is 12.1 Å². The Bertz CT molecular complexity index is 705. The number of carbonyl (C=O) groups excluding carboxylic acids is 1. The summed E-state index contributed by atoms with van der Waals surface area (Å²) in [4.78, 5) is 12.3. The van der Waals surface area contributed by atoms with Crippen molar-refractivity contribution in [2.24, 2.45) is 0 Å². The molecule has 0 saturated carbocycles. The second-order valence-corrected chi connectivity index (χ2v) is 6.18. The van der Waals surface area contributed by atoms with Crippen molar-refractivity contribution in [3.8, 4) is 0 Å². The molecule has 4 heteroatoms. The lowest BCUT2D eigenvalue weighted by molar-refractivity contribution is 0.246. The molecule has 0 spiro atoms. The van der Waals surface area contributed by atoms with E-state index in [1.165, 1.54) is 17.5 Å². The molecule has 0 radical (unpaired) electrons. The van der Waals surface area contributed by atoms with Crippen molar-refractivity contribution in [1.29, 1.82) is 0 Å². The van der Waals surface area contributed by atoms with Crippen molar-refractivity contribution in [2.45, 2.75) is 44.6 Å². The summed E-state index contributed by atoms with van der Waals surface area (Å²) in [5.41, 5.74) is 4.78. The Morgan fingerprint density at radius 3 is 2.95 bits per heavy atom. The predicted molar refractivity (Wildman–Crippen MR) is 85.0 cm³/mol. The van der Waals surface area contributed by atoms with E-state index < -0.39 is 0 Å². The molecule has 1 aromatic carbocycles. The zero-order valence-electron chi connectivity index (χ0n) is 12.5. The highest BCUT2D eigenvalue weighted by atomic mass is 16.3. The molecule has 0 saturated heterocycles. The molecule has 1 unspecified atom stereocenters. The predicted octanol–water partition coefficient (Wildman–Crippen LogP) is 3.97. The zero-order valence-corrected chi connectivity index (χ0v) is 12.5. The highest BCUT2D eigenvalue weighted by Gasteiger charge is 2.24. The fourth-order valence-corrected chi connectivity index (χ4v) is 3.61. The van der Waals surface area contributed by atoms with Gasteiger partial charge in [-0.3, -0.25) is 0 Å². The molecule has 4 nitrogen and oxygen atoms in total. The summed E-state index contributed by atoms with van der Waals surface area (Å²) in [6.07, 6.45) is 8.18. The average Bonchev–Trinajstić information content (AvgIpc) is 3.15. The Labute approximate surface area is 129 Å². The number of hydrogen-bond acceptors (Lipinski definition) is 2. The van der Waals surface area contributed by atoms with Crippen molar-refractivity contribution >= 4 is 11.7 Å². The summed E-state index contributed by atoms with van der Waals surface area (Å²) in [6.45, 7) is 0. The van der Waals surface area contributed by atoms with E-state index >= 15 is 0 Å². The summed E-state index contributed by atoms with van der Waals surface area (Å²) in [7, 11) is 0. The van der Waals surface area contributed by atoms with E-state index in [2.05, 4.69) is 22.8 Å². The van der Waals surface area contributed by atoms with Crippen molar-refractivity contribution in [3.63, 3.8) is 0 Å². The molecule has 1 aromatic heterocycles. The fourth-order valence-electron chi connectivity index (χ4n) is 3.61. The summed E-state index contributed by atoms with van der Waals surface area (Å²) < 4.78 is 5.46. The lowest BCUT2D eigenvalue weighted by atomic mass is 9.93. The first kappa shape index (κ1) is 13.4. The number of fused-ring (bicyclic) bond motifs is 2. The minimum Gasteiger partial charge on any atom is -0.469 e. The minimum atomic E-state index is -0.142. The largest absolute Gasteiger partial charge is 0.469 e. The Kier molecular flexibility index (Phi) is 3.37. The van der Waals surface area contributed by atoms with Crippen LogP contribution in [0.4, 0.5) is 10.5 Å². The van der Waals surface area contributed by atoms with E-state index in [1.54, 1.807) is 6.26 Å². The average molecular weight is 296 g/mol. The van der Waals surface area contributed by atoms with Gasteiger partial charge in [0.15, 0.2) is 0 Å². The van der Waals surface area contributed by atoms with Gasteiger partial charge in [0.1, 0.15) is 5.76 Å². The van der Waals surface area contributed by atoms with Crippen molar-refractivity contribution in [1.82, 2.24) is 5.32 Å². The zero-order chi connectivity index (χ0) is 14.9. The number of nitrogens with one attached hydrogen (secondary N) is 2. The Balaban J connectivity index is 1.43.